The van der Waals surface area contributed by atoms with E-state index in [1.54, 1.807) is 29.6 Å². The van der Waals surface area contributed by atoms with Crippen LogP contribution in [0.1, 0.15) is 5.56 Å². The molecular formula is C14H14N4O2S2. The molecule has 0 atom stereocenters. The Hall–Kier alpha value is -1.95. The lowest BCUT2D eigenvalue weighted by atomic mass is 10.3. The van der Waals surface area contributed by atoms with Gasteiger partial charge in [-0.05, 0) is 23.6 Å². The molecule has 0 unspecified atom stereocenters. The molecule has 0 spiro atoms. The van der Waals surface area contributed by atoms with Crippen molar-refractivity contribution in [2.75, 3.05) is 31.1 Å². The van der Waals surface area contributed by atoms with Crippen molar-refractivity contribution in [1.29, 1.82) is 5.26 Å². The largest absolute Gasteiger partial charge is 0.354 e. The first-order valence-corrected chi connectivity index (χ1v) is 9.08. The maximum absolute atomic E-state index is 12.4. The van der Waals surface area contributed by atoms with E-state index in [2.05, 4.69) is 4.98 Å². The van der Waals surface area contributed by atoms with Gasteiger partial charge in [0.05, 0.1) is 5.56 Å². The summed E-state index contributed by atoms with van der Waals surface area (Å²) in [5, 5.41) is 10.5. The van der Waals surface area contributed by atoms with Crippen molar-refractivity contribution in [1.82, 2.24) is 9.29 Å². The quantitative estimate of drug-likeness (QED) is 0.850. The van der Waals surface area contributed by atoms with Crippen molar-refractivity contribution in [2.45, 2.75) is 4.21 Å². The van der Waals surface area contributed by atoms with Gasteiger partial charge in [-0.15, -0.1) is 11.3 Å². The van der Waals surface area contributed by atoms with Crippen LogP contribution in [0.2, 0.25) is 0 Å². The minimum atomic E-state index is -3.37. The summed E-state index contributed by atoms with van der Waals surface area (Å²) in [5.74, 6) is 0.771. The molecule has 8 heteroatoms. The van der Waals surface area contributed by atoms with Crippen molar-refractivity contribution >= 4 is 27.2 Å². The number of hydrogen-bond donors (Lipinski definition) is 0. The van der Waals surface area contributed by atoms with Gasteiger partial charge in [0.2, 0.25) is 0 Å². The molecule has 0 aliphatic carbocycles. The van der Waals surface area contributed by atoms with E-state index in [1.807, 2.05) is 11.0 Å². The predicted molar refractivity (Wildman–Crippen MR) is 84.2 cm³/mol. The maximum Gasteiger partial charge on any atom is 0.252 e. The van der Waals surface area contributed by atoms with Gasteiger partial charge in [0.15, 0.2) is 0 Å². The predicted octanol–water partition coefficient (Wildman–Crippen LogP) is 1.53. The molecular weight excluding hydrogens is 320 g/mol. The Balaban J connectivity index is 1.69. The van der Waals surface area contributed by atoms with Crippen LogP contribution in [0, 0.1) is 11.3 Å². The fraction of sp³-hybridized carbons (Fsp3) is 0.286. The molecule has 1 aliphatic heterocycles. The van der Waals surface area contributed by atoms with Gasteiger partial charge in [-0.25, -0.2) is 13.4 Å². The first kappa shape index (κ1) is 15.0. The molecule has 1 fully saturated rings. The lowest BCUT2D eigenvalue weighted by molar-refractivity contribution is 0.385. The summed E-state index contributed by atoms with van der Waals surface area (Å²) in [4.78, 5) is 6.28. The van der Waals surface area contributed by atoms with E-state index in [-0.39, 0.29) is 0 Å². The third-order valence-electron chi connectivity index (χ3n) is 3.53. The van der Waals surface area contributed by atoms with Crippen molar-refractivity contribution < 1.29 is 8.42 Å². The lowest BCUT2D eigenvalue weighted by Crippen LogP contribution is -2.48. The second-order valence-corrected chi connectivity index (χ2v) is 7.95. The zero-order valence-electron chi connectivity index (χ0n) is 11.7. The Morgan fingerprint density at radius 2 is 1.95 bits per heavy atom. The van der Waals surface area contributed by atoms with Crippen LogP contribution in [0.3, 0.4) is 0 Å². The van der Waals surface area contributed by atoms with Crippen molar-refractivity contribution in [3.05, 3.63) is 41.4 Å². The van der Waals surface area contributed by atoms with Gasteiger partial charge in [0.25, 0.3) is 10.0 Å². The second kappa shape index (κ2) is 6.04. The van der Waals surface area contributed by atoms with Gasteiger partial charge in [0, 0.05) is 32.4 Å². The lowest BCUT2D eigenvalue weighted by Gasteiger charge is -2.34. The summed E-state index contributed by atoms with van der Waals surface area (Å²) in [6.45, 7) is 2.04. The summed E-state index contributed by atoms with van der Waals surface area (Å²) in [5.41, 5.74) is 0.516. The minimum absolute atomic E-state index is 0.387. The maximum atomic E-state index is 12.4. The number of hydrogen-bond acceptors (Lipinski definition) is 6. The van der Waals surface area contributed by atoms with E-state index in [0.717, 1.165) is 5.82 Å². The van der Waals surface area contributed by atoms with Crippen molar-refractivity contribution in [3.8, 4) is 6.07 Å². The molecule has 0 radical (unpaired) electrons. The summed E-state index contributed by atoms with van der Waals surface area (Å²) in [7, 11) is -3.37. The summed E-state index contributed by atoms with van der Waals surface area (Å²) in [6.07, 6.45) is 1.53. The average molecular weight is 334 g/mol. The standard InChI is InChI=1S/C14H14N4O2S2/c15-10-12-3-4-13(16-11-12)17-5-7-18(8-6-17)22(19,20)14-2-1-9-21-14/h1-4,9,11H,5-8H2. The average Bonchev–Trinajstić information content (AvgIpc) is 3.10. The minimum Gasteiger partial charge on any atom is -0.354 e. The fourth-order valence-electron chi connectivity index (χ4n) is 2.33. The number of nitrogens with zero attached hydrogens (tertiary/aromatic N) is 4. The molecule has 0 saturated carbocycles. The Morgan fingerprint density at radius 1 is 1.18 bits per heavy atom. The fourth-order valence-corrected chi connectivity index (χ4v) is 4.90. The van der Waals surface area contributed by atoms with Gasteiger partial charge in [-0.1, -0.05) is 6.07 Å². The molecule has 0 bridgehead atoms. The number of rotatable bonds is 3. The molecule has 2 aromatic heterocycles. The molecule has 2 aromatic rings. The third kappa shape index (κ3) is 2.83. The van der Waals surface area contributed by atoms with Crippen LogP contribution < -0.4 is 4.90 Å². The van der Waals surface area contributed by atoms with Crippen LogP contribution >= 0.6 is 11.3 Å². The van der Waals surface area contributed by atoms with Crippen molar-refractivity contribution in [3.63, 3.8) is 0 Å². The Bertz CT molecular complexity index is 771. The highest BCUT2D eigenvalue weighted by molar-refractivity contribution is 7.91. The molecule has 1 saturated heterocycles. The normalized spacial score (nSPS) is 16.4. The highest BCUT2D eigenvalue weighted by Gasteiger charge is 2.29. The first-order valence-electron chi connectivity index (χ1n) is 6.76. The molecule has 3 rings (SSSR count). The molecule has 0 aromatic carbocycles. The van der Waals surface area contributed by atoms with E-state index < -0.39 is 10.0 Å². The smallest absolute Gasteiger partial charge is 0.252 e. The van der Waals surface area contributed by atoms with Gasteiger partial charge < -0.3 is 4.90 Å². The van der Waals surface area contributed by atoms with E-state index >= 15 is 0 Å². The van der Waals surface area contributed by atoms with Crippen LogP contribution in [0.15, 0.2) is 40.1 Å². The molecule has 0 N–H and O–H groups in total. The van der Waals surface area contributed by atoms with Crippen LogP contribution in [0.25, 0.3) is 0 Å². The summed E-state index contributed by atoms with van der Waals surface area (Å²) >= 11 is 1.24. The highest BCUT2D eigenvalue weighted by Crippen LogP contribution is 2.23. The topological polar surface area (TPSA) is 77.3 Å². The second-order valence-electron chi connectivity index (χ2n) is 4.84. The number of pyridine rings is 1. The number of aromatic nitrogens is 1. The number of anilines is 1. The van der Waals surface area contributed by atoms with Crippen LogP contribution in [0.4, 0.5) is 5.82 Å². The van der Waals surface area contributed by atoms with E-state index in [1.165, 1.54) is 21.8 Å². The zero-order chi connectivity index (χ0) is 15.6. The first-order chi connectivity index (χ1) is 10.6. The molecule has 114 valence electrons. The number of piperazine rings is 1. The molecule has 3 heterocycles. The Morgan fingerprint density at radius 3 is 2.50 bits per heavy atom. The van der Waals surface area contributed by atoms with Gasteiger partial charge in [0.1, 0.15) is 16.1 Å². The zero-order valence-corrected chi connectivity index (χ0v) is 13.3. The molecule has 22 heavy (non-hydrogen) atoms. The molecule has 6 nitrogen and oxygen atoms in total. The van der Waals surface area contributed by atoms with E-state index in [4.69, 9.17) is 5.26 Å². The monoisotopic (exact) mass is 334 g/mol. The van der Waals surface area contributed by atoms with Gasteiger partial charge >= 0.3 is 0 Å². The number of nitriles is 1. The van der Waals surface area contributed by atoms with Crippen LogP contribution in [-0.4, -0.2) is 43.9 Å². The van der Waals surface area contributed by atoms with Gasteiger partial charge in [-0.2, -0.15) is 9.57 Å². The summed E-state index contributed by atoms with van der Waals surface area (Å²) in [6, 6.07) is 8.92. The number of sulfonamides is 1. The van der Waals surface area contributed by atoms with Crippen molar-refractivity contribution in [2.24, 2.45) is 0 Å². The number of thiophene rings is 1. The van der Waals surface area contributed by atoms with E-state index in [9.17, 15) is 8.42 Å². The van der Waals surface area contributed by atoms with Crippen LogP contribution in [-0.2, 0) is 10.0 Å². The molecule has 1 aliphatic rings. The Labute approximate surface area is 133 Å². The summed E-state index contributed by atoms with van der Waals surface area (Å²) < 4.78 is 26.8. The third-order valence-corrected chi connectivity index (χ3v) is 6.80. The Kier molecular flexibility index (Phi) is 4.11. The highest BCUT2D eigenvalue weighted by atomic mass is 32.2. The molecule has 0 amide bonds. The van der Waals surface area contributed by atoms with E-state index in [0.29, 0.717) is 36.0 Å². The van der Waals surface area contributed by atoms with Crippen LogP contribution in [0.5, 0.6) is 0 Å². The van der Waals surface area contributed by atoms with Gasteiger partial charge in [-0.3, -0.25) is 0 Å². The SMILES string of the molecule is N#Cc1ccc(N2CCN(S(=O)(=O)c3cccs3)CC2)nc1.